The standard InChI is InChI=1S/C20H13F3N2S3/c1-10-25-16(9-27-10)19-24-8-12-5-13(20(21,22)23)7-15-14(18(12)28-19)6-11-3-2-4-26-17(11)15/h2-5,7,9H,6,8H2,1H3. The summed E-state index contributed by atoms with van der Waals surface area (Å²) in [6.07, 6.45) is 2.77. The van der Waals surface area contributed by atoms with Gasteiger partial charge in [-0.2, -0.15) is 13.2 Å². The van der Waals surface area contributed by atoms with Crippen LogP contribution >= 0.6 is 34.9 Å². The van der Waals surface area contributed by atoms with Crippen LogP contribution in [0.4, 0.5) is 13.2 Å². The number of thioether (sulfide) groups is 2. The van der Waals surface area contributed by atoms with E-state index in [1.807, 2.05) is 29.9 Å². The summed E-state index contributed by atoms with van der Waals surface area (Å²) >= 11 is 4.48. The molecule has 0 atom stereocenters. The van der Waals surface area contributed by atoms with Crippen molar-refractivity contribution in [1.29, 1.82) is 0 Å². The molecule has 0 spiro atoms. The Kier molecular flexibility index (Phi) is 4.33. The molecule has 142 valence electrons. The third-order valence-electron chi connectivity index (χ3n) is 4.74. The van der Waals surface area contributed by atoms with Gasteiger partial charge in [-0.25, -0.2) is 4.98 Å². The van der Waals surface area contributed by atoms with E-state index in [2.05, 4.69) is 9.98 Å². The predicted octanol–water partition coefficient (Wildman–Crippen LogP) is 6.47. The van der Waals surface area contributed by atoms with Gasteiger partial charge in [-0.05, 0) is 46.8 Å². The van der Waals surface area contributed by atoms with Gasteiger partial charge in [-0.15, -0.1) is 11.3 Å². The first-order valence-corrected chi connectivity index (χ1v) is 11.1. The number of hydrogen-bond donors (Lipinski definition) is 0. The first kappa shape index (κ1) is 18.3. The van der Waals surface area contributed by atoms with Crippen LogP contribution in [-0.2, 0) is 0 Å². The zero-order valence-electron chi connectivity index (χ0n) is 14.6. The second kappa shape index (κ2) is 6.64. The lowest BCUT2D eigenvalue weighted by atomic mass is 10.1. The molecule has 0 saturated carbocycles. The number of halogens is 3. The van der Waals surface area contributed by atoms with Crippen molar-refractivity contribution in [2.24, 2.45) is 4.99 Å². The quantitative estimate of drug-likeness (QED) is 0.506. The smallest absolute Gasteiger partial charge is 0.271 e. The van der Waals surface area contributed by atoms with E-state index in [9.17, 15) is 13.2 Å². The van der Waals surface area contributed by atoms with Crippen LogP contribution in [0.1, 0.15) is 17.1 Å². The van der Waals surface area contributed by atoms with Gasteiger partial charge in [0, 0.05) is 21.6 Å². The number of aliphatic imine (C=N–C) groups is 1. The summed E-state index contributed by atoms with van der Waals surface area (Å²) in [5, 5.41) is 5.59. The predicted molar refractivity (Wildman–Crippen MR) is 112 cm³/mol. The lowest BCUT2D eigenvalue weighted by molar-refractivity contribution is -0.0882. The average Bonchev–Trinajstić information content (AvgIpc) is 3.20. The summed E-state index contributed by atoms with van der Waals surface area (Å²) in [6.45, 7) is 2.17. The normalized spacial score (nSPS) is 21.4. The van der Waals surface area contributed by atoms with Crippen LogP contribution in [0.5, 0.6) is 0 Å². The summed E-state index contributed by atoms with van der Waals surface area (Å²) in [7, 11) is 0. The van der Waals surface area contributed by atoms with E-state index >= 15 is 0 Å². The van der Waals surface area contributed by atoms with E-state index in [-0.39, 0.29) is 6.54 Å². The van der Waals surface area contributed by atoms with E-state index in [4.69, 9.17) is 0 Å². The Morgan fingerprint density at radius 3 is 2.71 bits per heavy atom. The number of fused-ring (bicyclic) bond motifs is 3. The molecule has 4 aliphatic rings. The molecular formula is C20H13F3N2S3. The first-order valence-electron chi connectivity index (χ1n) is 8.55. The fourth-order valence-electron chi connectivity index (χ4n) is 3.50. The van der Waals surface area contributed by atoms with Crippen molar-refractivity contribution in [3.8, 4) is 0 Å². The number of rotatable bonds is 1. The first-order chi connectivity index (χ1) is 13.4. The Labute approximate surface area is 172 Å². The lowest BCUT2D eigenvalue weighted by Gasteiger charge is -2.19. The van der Waals surface area contributed by atoms with Gasteiger partial charge in [0.05, 0.1) is 17.1 Å². The summed E-state index contributed by atoms with van der Waals surface area (Å²) in [5.41, 5.74) is 3.56. The maximum atomic E-state index is 13.7. The molecule has 8 heteroatoms. The summed E-state index contributed by atoms with van der Waals surface area (Å²) in [5.74, 6) is 0. The molecule has 2 nitrogen and oxygen atoms in total. The van der Waals surface area contributed by atoms with E-state index in [0.29, 0.717) is 17.6 Å². The molecule has 5 rings (SSSR count). The SMILES string of the molecule is Cc1nc(C2=NCC3=CC(C(F)(F)F)=CC4=C5SC=CC=C5CC4=C3S2)cs1. The largest absolute Gasteiger partial charge is 0.416 e. The highest BCUT2D eigenvalue weighted by molar-refractivity contribution is 8.18. The number of hydrogen-bond acceptors (Lipinski definition) is 5. The molecule has 0 fully saturated rings. The molecule has 0 saturated heterocycles. The van der Waals surface area contributed by atoms with Crippen molar-refractivity contribution in [3.63, 3.8) is 0 Å². The Balaban J connectivity index is 1.68. The molecule has 0 bridgehead atoms. The molecule has 0 aromatic carbocycles. The van der Waals surface area contributed by atoms with Crippen molar-refractivity contribution in [2.45, 2.75) is 19.5 Å². The highest BCUT2D eigenvalue weighted by Crippen LogP contribution is 2.52. The minimum absolute atomic E-state index is 0.234. The minimum atomic E-state index is -4.40. The number of aryl methyl sites for hydroxylation is 1. The van der Waals surface area contributed by atoms with Crippen molar-refractivity contribution >= 4 is 39.9 Å². The molecule has 3 heterocycles. The Morgan fingerprint density at radius 2 is 1.96 bits per heavy atom. The molecule has 28 heavy (non-hydrogen) atoms. The molecule has 0 amide bonds. The number of thiazole rings is 1. The Hall–Kier alpha value is -1.77. The maximum absolute atomic E-state index is 13.7. The molecule has 2 aliphatic heterocycles. The van der Waals surface area contributed by atoms with E-state index in [1.165, 1.54) is 35.7 Å². The van der Waals surface area contributed by atoms with E-state index < -0.39 is 11.7 Å². The van der Waals surface area contributed by atoms with Gasteiger partial charge >= 0.3 is 6.18 Å². The van der Waals surface area contributed by atoms with Crippen LogP contribution in [-0.4, -0.2) is 22.7 Å². The topological polar surface area (TPSA) is 25.2 Å². The van der Waals surface area contributed by atoms with Gasteiger partial charge in [0.1, 0.15) is 10.7 Å². The van der Waals surface area contributed by atoms with Gasteiger partial charge in [-0.1, -0.05) is 35.7 Å². The highest BCUT2D eigenvalue weighted by atomic mass is 32.2. The van der Waals surface area contributed by atoms with Gasteiger partial charge in [-0.3, -0.25) is 4.99 Å². The molecule has 2 aliphatic carbocycles. The van der Waals surface area contributed by atoms with E-state index in [1.54, 1.807) is 11.3 Å². The molecule has 0 N–H and O–H groups in total. The second-order valence-corrected chi connectivity index (χ2v) is 9.59. The molecule has 0 radical (unpaired) electrons. The van der Waals surface area contributed by atoms with Crippen LogP contribution in [0.15, 0.2) is 77.8 Å². The van der Waals surface area contributed by atoms with Crippen molar-refractivity contribution in [2.75, 3.05) is 6.54 Å². The summed E-state index contributed by atoms with van der Waals surface area (Å²) < 4.78 is 41.0. The van der Waals surface area contributed by atoms with Crippen LogP contribution in [0.3, 0.4) is 0 Å². The number of allylic oxidation sites excluding steroid dienone is 8. The summed E-state index contributed by atoms with van der Waals surface area (Å²) in [6, 6.07) is 0. The highest BCUT2D eigenvalue weighted by Gasteiger charge is 2.38. The minimum Gasteiger partial charge on any atom is -0.271 e. The van der Waals surface area contributed by atoms with Crippen molar-refractivity contribution in [1.82, 2.24) is 4.98 Å². The Bertz CT molecular complexity index is 1110. The molecule has 1 aromatic rings. The maximum Gasteiger partial charge on any atom is 0.416 e. The van der Waals surface area contributed by atoms with Gasteiger partial charge in [0.15, 0.2) is 0 Å². The fourth-order valence-corrected chi connectivity index (χ4v) is 6.16. The van der Waals surface area contributed by atoms with Crippen molar-refractivity contribution in [3.05, 3.63) is 83.5 Å². The molecule has 0 unspecified atom stereocenters. The van der Waals surface area contributed by atoms with Crippen LogP contribution in [0, 0.1) is 6.92 Å². The van der Waals surface area contributed by atoms with Gasteiger partial charge < -0.3 is 0 Å². The van der Waals surface area contributed by atoms with E-state index in [0.717, 1.165) is 36.7 Å². The Morgan fingerprint density at radius 1 is 1.11 bits per heavy atom. The third kappa shape index (κ3) is 3.07. The number of aromatic nitrogens is 1. The van der Waals surface area contributed by atoms with Gasteiger partial charge in [0.2, 0.25) is 0 Å². The summed E-state index contributed by atoms with van der Waals surface area (Å²) in [4.78, 5) is 10.9. The van der Waals surface area contributed by atoms with Crippen LogP contribution < -0.4 is 0 Å². The second-order valence-electron chi connectivity index (χ2n) is 6.61. The number of alkyl halides is 3. The van der Waals surface area contributed by atoms with Crippen LogP contribution in [0.2, 0.25) is 0 Å². The zero-order valence-corrected chi connectivity index (χ0v) is 17.1. The van der Waals surface area contributed by atoms with Crippen LogP contribution in [0.25, 0.3) is 0 Å². The molecule has 1 aromatic heterocycles. The zero-order chi connectivity index (χ0) is 19.5. The van der Waals surface area contributed by atoms with Crippen molar-refractivity contribution < 1.29 is 13.2 Å². The lowest BCUT2D eigenvalue weighted by Crippen LogP contribution is -2.12. The third-order valence-corrected chi connectivity index (χ3v) is 7.77. The average molecular weight is 435 g/mol. The monoisotopic (exact) mass is 434 g/mol. The number of nitrogens with zero attached hydrogens (tertiary/aromatic N) is 2. The van der Waals surface area contributed by atoms with Gasteiger partial charge in [0.25, 0.3) is 0 Å². The molecular weight excluding hydrogens is 421 g/mol. The fraction of sp³-hybridized carbons (Fsp3) is 0.200.